The number of rotatable bonds is 21. The first-order valence-corrected chi connectivity index (χ1v) is 22.7. The maximum Gasteiger partial charge on any atom is 0.371 e. The maximum atomic E-state index is 12.2. The van der Waals surface area contributed by atoms with Crippen molar-refractivity contribution in [3.63, 3.8) is 0 Å². The van der Waals surface area contributed by atoms with E-state index in [1.807, 2.05) is 54.6 Å². The highest BCUT2D eigenvalue weighted by atomic mass is 19.1. The summed E-state index contributed by atoms with van der Waals surface area (Å²) < 4.78 is 46.8. The lowest BCUT2D eigenvalue weighted by molar-refractivity contribution is -0.135. The topological polar surface area (TPSA) is 279 Å². The number of hydrogen-bond acceptors (Lipinski definition) is 18. The van der Waals surface area contributed by atoms with Crippen molar-refractivity contribution in [2.75, 3.05) is 33.6 Å². The second kappa shape index (κ2) is 32.6. The number of carboxylic acid groups (broad SMARTS) is 1. The van der Waals surface area contributed by atoms with Gasteiger partial charge in [-0.1, -0.05) is 84.4 Å². The minimum Gasteiger partial charge on any atom is -0.494 e. The number of aromatic carboxylic acids is 1. The number of alkyl halides is 1. The second-order valence-electron chi connectivity index (χ2n) is 14.7. The lowest BCUT2D eigenvalue weighted by Gasteiger charge is -2.05. The van der Waals surface area contributed by atoms with E-state index in [1.54, 1.807) is 56.3 Å². The van der Waals surface area contributed by atoms with E-state index in [0.29, 0.717) is 29.5 Å². The largest absolute Gasteiger partial charge is 0.494 e. The molecule has 0 amide bonds. The number of halogens is 1. The van der Waals surface area contributed by atoms with Gasteiger partial charge < -0.3 is 43.1 Å². The van der Waals surface area contributed by atoms with Gasteiger partial charge in [0, 0.05) is 34.4 Å². The molecule has 0 atom stereocenters. The van der Waals surface area contributed by atoms with Gasteiger partial charge in [0.1, 0.15) is 35.0 Å². The highest BCUT2D eigenvalue weighted by Crippen LogP contribution is 2.29. The molecule has 6 rings (SSSR count). The smallest absolute Gasteiger partial charge is 0.371 e. The minimum atomic E-state index is -1.00. The third-order valence-electron chi connectivity index (χ3n) is 9.64. The molecular weight excluding hydrogens is 948 g/mol. The first kappa shape index (κ1) is 56.4. The molecule has 382 valence electrons. The zero-order valence-electron chi connectivity index (χ0n) is 41.6. The highest BCUT2D eigenvalue weighted by Gasteiger charge is 2.17. The Hall–Kier alpha value is -9.17. The fourth-order valence-electron chi connectivity index (χ4n) is 5.92. The molecule has 4 aromatic carbocycles. The lowest BCUT2D eigenvalue weighted by atomic mass is 10.1. The molecule has 0 radical (unpaired) electrons. The van der Waals surface area contributed by atoms with Crippen LogP contribution in [0.1, 0.15) is 88.3 Å². The molecule has 2 heterocycles. The lowest BCUT2D eigenvalue weighted by Crippen LogP contribution is -2.17. The van der Waals surface area contributed by atoms with Crippen LogP contribution in [0, 0.1) is 22.7 Å². The predicted octanol–water partition coefficient (Wildman–Crippen LogP) is 10.9. The predicted molar refractivity (Wildman–Crippen MR) is 265 cm³/mol. The average Bonchev–Trinajstić information content (AvgIpc) is 4.13. The van der Waals surface area contributed by atoms with E-state index in [-0.39, 0.29) is 24.3 Å². The highest BCUT2D eigenvalue weighted by molar-refractivity contribution is 6.43. The van der Waals surface area contributed by atoms with Crippen molar-refractivity contribution < 1.29 is 68.1 Å². The third kappa shape index (κ3) is 19.3. The molecule has 0 unspecified atom stereocenters. The quantitative estimate of drug-likeness (QED) is 0.0169. The number of nitrogens with zero attached hydrogens (tertiary/aromatic N) is 6. The molecule has 0 saturated heterocycles. The first-order chi connectivity index (χ1) is 35.9. The number of esters is 2. The Labute approximate surface area is 422 Å². The summed E-state index contributed by atoms with van der Waals surface area (Å²) >= 11 is 0. The van der Waals surface area contributed by atoms with Gasteiger partial charge in [0.15, 0.2) is 11.5 Å². The summed E-state index contributed by atoms with van der Waals surface area (Å²) in [6.45, 7) is 9.13. The molecule has 2 N–H and O–H groups in total. The summed E-state index contributed by atoms with van der Waals surface area (Å²) in [6, 6.07) is 34.8. The Balaban J connectivity index is 0.000000323. The van der Waals surface area contributed by atoms with Crippen molar-refractivity contribution in [2.45, 2.75) is 66.2 Å². The maximum absolute atomic E-state index is 12.2. The van der Waals surface area contributed by atoms with E-state index in [4.69, 9.17) is 40.7 Å². The van der Waals surface area contributed by atoms with Crippen LogP contribution in [0.15, 0.2) is 129 Å². The normalized spacial score (nSPS) is 10.7. The minimum absolute atomic E-state index is 0.0670. The summed E-state index contributed by atoms with van der Waals surface area (Å²) in [5.41, 5.74) is 3.68. The van der Waals surface area contributed by atoms with Crippen LogP contribution in [0.4, 0.5) is 4.39 Å². The van der Waals surface area contributed by atoms with E-state index < -0.39 is 42.5 Å². The van der Waals surface area contributed by atoms with Gasteiger partial charge >= 0.3 is 23.9 Å². The molecular formula is C53H55FN6O13. The van der Waals surface area contributed by atoms with Crippen LogP contribution in [-0.2, 0) is 23.9 Å². The van der Waals surface area contributed by atoms with Crippen molar-refractivity contribution in [3.8, 4) is 68.8 Å². The fraction of sp³-hybridized carbons (Fsp3) is 0.283. The van der Waals surface area contributed by atoms with E-state index in [9.17, 15) is 23.6 Å². The number of oxime groups is 2. The Morgan fingerprint density at radius 1 is 0.630 bits per heavy atom. The van der Waals surface area contributed by atoms with Crippen LogP contribution in [0.25, 0.3) is 45.2 Å². The van der Waals surface area contributed by atoms with Gasteiger partial charge in [-0.3, -0.25) is 4.39 Å². The van der Waals surface area contributed by atoms with Gasteiger partial charge in [-0.2, -0.15) is 10.5 Å². The number of nitriles is 2. The van der Waals surface area contributed by atoms with Crippen LogP contribution >= 0.6 is 0 Å². The van der Waals surface area contributed by atoms with Crippen molar-refractivity contribution >= 4 is 35.3 Å². The molecule has 0 bridgehead atoms. The van der Waals surface area contributed by atoms with Gasteiger partial charge in [0.25, 0.3) is 11.4 Å². The van der Waals surface area contributed by atoms with Crippen molar-refractivity contribution in [3.05, 3.63) is 120 Å². The van der Waals surface area contributed by atoms with Crippen molar-refractivity contribution in [1.82, 2.24) is 10.3 Å². The van der Waals surface area contributed by atoms with Crippen LogP contribution in [0.5, 0.6) is 11.5 Å². The summed E-state index contributed by atoms with van der Waals surface area (Å²) in [6.07, 6.45) is 6.73. The van der Waals surface area contributed by atoms with Crippen LogP contribution in [0.2, 0.25) is 0 Å². The SMILES string of the molecule is CCCCCOc1ccc(-c2cc(-c3ccc(C(=O)O)cc3)no2)cc1.CCCCCOc1ccc(-c2cc(-c3ccc(C(=O)O/N=C(\C#N)C(=O)OCC)cc3)no2)cc1.CCOC(=O)/C(C#N)=N/O.[2H]CF. The van der Waals surface area contributed by atoms with E-state index >= 15 is 0 Å². The summed E-state index contributed by atoms with van der Waals surface area (Å²) in [7, 11) is -1.00. The standard InChI is InChI=1S/C26H25N3O6.C21H21NO4.C5H6N2O3.CH3F/c1-3-5-6-15-33-21-13-11-19(12-14-21)24-16-22(28-34-24)18-7-9-20(10-8-18)25(30)35-29-23(17-27)26(31)32-4-2;1-2-3-4-13-25-18-11-9-16(10-12-18)20-14-19(22-26-20)15-5-7-17(8-6-15)21(23)24;1-2-10-5(8)4(3-6)7-9;1-2/h7-14,16H,3-6,15H2,1-2H3;5-12,14H,2-4,13H2,1H3,(H,23,24);9H,2H2,1H3;1H3/b29-23+;;7-4+;/i;;;1D. The molecule has 0 aliphatic carbocycles. The zero-order valence-corrected chi connectivity index (χ0v) is 40.6. The van der Waals surface area contributed by atoms with Gasteiger partial charge in [0.2, 0.25) is 0 Å². The van der Waals surface area contributed by atoms with Gasteiger partial charge in [-0.25, -0.2) is 19.2 Å². The Bertz CT molecular complexity index is 2820. The molecule has 0 saturated carbocycles. The van der Waals surface area contributed by atoms with Crippen molar-refractivity contribution in [2.24, 2.45) is 10.3 Å². The average molecular weight is 1000 g/mol. The zero-order chi connectivity index (χ0) is 54.1. The molecule has 0 spiro atoms. The Kier molecular flexibility index (Phi) is 25.2. The van der Waals surface area contributed by atoms with Gasteiger partial charge in [0.05, 0.1) is 46.1 Å². The van der Waals surface area contributed by atoms with Crippen LogP contribution < -0.4 is 9.47 Å². The third-order valence-corrected chi connectivity index (χ3v) is 9.64. The number of carboxylic acids is 1. The Morgan fingerprint density at radius 2 is 1.03 bits per heavy atom. The Morgan fingerprint density at radius 3 is 1.40 bits per heavy atom. The van der Waals surface area contributed by atoms with E-state index in [0.717, 1.165) is 66.0 Å². The summed E-state index contributed by atoms with van der Waals surface area (Å²) in [5.74, 6) is -0.755. The number of benzene rings is 4. The number of aromatic nitrogens is 2. The molecule has 0 fully saturated rings. The van der Waals surface area contributed by atoms with Gasteiger partial charge in [-0.05, 0) is 99.5 Å². The van der Waals surface area contributed by atoms with Crippen molar-refractivity contribution in [1.29, 1.82) is 10.5 Å². The van der Waals surface area contributed by atoms with Crippen LogP contribution in [-0.4, -0.2) is 89.5 Å². The number of ether oxygens (including phenoxy) is 4. The molecule has 6 aromatic rings. The second-order valence-corrected chi connectivity index (χ2v) is 14.7. The number of unbranched alkanes of at least 4 members (excludes halogenated alkanes) is 4. The van der Waals surface area contributed by atoms with Crippen LogP contribution in [0.3, 0.4) is 0 Å². The summed E-state index contributed by atoms with van der Waals surface area (Å²) in [4.78, 5) is 49.8. The number of hydrogen-bond donors (Lipinski definition) is 2. The molecule has 2 aromatic heterocycles. The fourth-order valence-corrected chi connectivity index (χ4v) is 5.92. The molecule has 20 heteroatoms. The first-order valence-electron chi connectivity index (χ1n) is 23.5. The number of carbonyl (C=O) groups excluding carboxylic acids is 3. The van der Waals surface area contributed by atoms with E-state index in [2.05, 4.69) is 48.8 Å². The number of carbonyl (C=O) groups is 4. The molecule has 19 nitrogen and oxygen atoms in total. The molecule has 73 heavy (non-hydrogen) atoms. The van der Waals surface area contributed by atoms with E-state index in [1.165, 1.54) is 37.1 Å². The monoisotopic (exact) mass is 1000 g/mol. The molecule has 0 aliphatic heterocycles. The molecule has 0 aliphatic rings. The summed E-state index contributed by atoms with van der Waals surface area (Å²) in [5, 5.41) is 47.8. The van der Waals surface area contributed by atoms with Gasteiger partial charge in [-0.15, -0.1) is 0 Å².